The molecule has 2 aromatic heterocycles. The highest BCUT2D eigenvalue weighted by molar-refractivity contribution is 6.08. The molecule has 0 aliphatic carbocycles. The lowest BCUT2D eigenvalue weighted by molar-refractivity contribution is -0.274. The number of benzene rings is 2. The quantitative estimate of drug-likeness (QED) is 0.437. The molecule has 0 aliphatic heterocycles. The molecule has 0 aliphatic rings. The van der Waals surface area contributed by atoms with Crippen LogP contribution in [0.2, 0.25) is 0 Å². The molecule has 4 aromatic rings. The second kappa shape index (κ2) is 8.25. The number of carbonyl (C=O) groups excluding carboxylic acids is 1. The van der Waals surface area contributed by atoms with E-state index in [1.54, 1.807) is 25.1 Å². The van der Waals surface area contributed by atoms with Crippen molar-refractivity contribution in [3.05, 3.63) is 65.0 Å². The van der Waals surface area contributed by atoms with Gasteiger partial charge in [0.15, 0.2) is 5.82 Å². The molecule has 2 aromatic carbocycles. The average molecular weight is 446 g/mol. The van der Waals surface area contributed by atoms with Crippen LogP contribution in [0.25, 0.3) is 10.9 Å². The maximum absolute atomic E-state index is 12.5. The van der Waals surface area contributed by atoms with E-state index in [0.29, 0.717) is 22.4 Å². The number of aromatic amines is 1. The summed E-state index contributed by atoms with van der Waals surface area (Å²) in [5.74, 6) is 0.510. The molecular formula is C21H17F3N4O4. The lowest BCUT2D eigenvalue weighted by Gasteiger charge is -2.09. The van der Waals surface area contributed by atoms with E-state index < -0.39 is 18.0 Å². The third-order valence-electron chi connectivity index (χ3n) is 4.68. The first kappa shape index (κ1) is 21.2. The molecule has 2 N–H and O–H groups in total. The Kier molecular flexibility index (Phi) is 5.47. The number of halogens is 3. The predicted octanol–water partition coefficient (Wildman–Crippen LogP) is 4.90. The van der Waals surface area contributed by atoms with Crippen molar-refractivity contribution in [2.75, 3.05) is 5.32 Å². The van der Waals surface area contributed by atoms with E-state index in [0.717, 1.165) is 23.4 Å². The molecule has 11 heteroatoms. The summed E-state index contributed by atoms with van der Waals surface area (Å²) < 4.78 is 51.6. The van der Waals surface area contributed by atoms with E-state index in [1.165, 1.54) is 12.1 Å². The lowest BCUT2D eigenvalue weighted by atomic mass is 10.2. The van der Waals surface area contributed by atoms with Crippen LogP contribution >= 0.6 is 0 Å². The van der Waals surface area contributed by atoms with Crippen molar-refractivity contribution in [2.24, 2.45) is 0 Å². The van der Waals surface area contributed by atoms with E-state index in [1.807, 2.05) is 6.92 Å². The van der Waals surface area contributed by atoms with E-state index in [-0.39, 0.29) is 18.0 Å². The van der Waals surface area contributed by atoms with Crippen LogP contribution in [0.15, 0.2) is 47.0 Å². The van der Waals surface area contributed by atoms with Crippen LogP contribution in [-0.4, -0.2) is 27.6 Å². The number of aromatic nitrogens is 3. The van der Waals surface area contributed by atoms with Crippen LogP contribution < -0.4 is 14.8 Å². The van der Waals surface area contributed by atoms with Crippen molar-refractivity contribution in [2.45, 2.75) is 26.8 Å². The first-order valence-corrected chi connectivity index (χ1v) is 9.39. The van der Waals surface area contributed by atoms with Gasteiger partial charge in [0.25, 0.3) is 5.91 Å². The minimum absolute atomic E-state index is 0.140. The van der Waals surface area contributed by atoms with E-state index in [4.69, 9.17) is 9.26 Å². The van der Waals surface area contributed by atoms with E-state index >= 15 is 0 Å². The van der Waals surface area contributed by atoms with Crippen LogP contribution in [0.4, 0.5) is 19.0 Å². The van der Waals surface area contributed by atoms with Crippen molar-refractivity contribution >= 4 is 22.6 Å². The Morgan fingerprint density at radius 1 is 1.12 bits per heavy atom. The number of anilines is 1. The number of nitrogens with one attached hydrogen (secondary N) is 2. The van der Waals surface area contributed by atoms with Gasteiger partial charge in [0.1, 0.15) is 23.9 Å². The van der Waals surface area contributed by atoms with Gasteiger partial charge in [-0.05, 0) is 56.3 Å². The molecular weight excluding hydrogens is 429 g/mol. The van der Waals surface area contributed by atoms with Crippen molar-refractivity contribution in [3.8, 4) is 11.5 Å². The molecule has 0 spiro atoms. The molecule has 4 rings (SSSR count). The van der Waals surface area contributed by atoms with Crippen LogP contribution in [-0.2, 0) is 6.61 Å². The highest BCUT2D eigenvalue weighted by atomic mass is 19.4. The van der Waals surface area contributed by atoms with Gasteiger partial charge in [-0.3, -0.25) is 9.89 Å². The van der Waals surface area contributed by atoms with Gasteiger partial charge in [0.05, 0.1) is 16.8 Å². The van der Waals surface area contributed by atoms with Crippen molar-refractivity contribution in [3.63, 3.8) is 0 Å². The second-order valence-electron chi connectivity index (χ2n) is 6.90. The Morgan fingerprint density at radius 3 is 2.50 bits per heavy atom. The predicted molar refractivity (Wildman–Crippen MR) is 107 cm³/mol. The van der Waals surface area contributed by atoms with Crippen LogP contribution in [0.1, 0.15) is 27.4 Å². The Hall–Kier alpha value is -4.02. The Morgan fingerprint density at radius 2 is 1.84 bits per heavy atom. The van der Waals surface area contributed by atoms with Gasteiger partial charge in [-0.15, -0.1) is 13.2 Å². The summed E-state index contributed by atoms with van der Waals surface area (Å²) >= 11 is 0. The first-order chi connectivity index (χ1) is 15.2. The maximum atomic E-state index is 12.5. The monoisotopic (exact) mass is 446 g/mol. The van der Waals surface area contributed by atoms with Crippen molar-refractivity contribution in [1.82, 2.24) is 15.4 Å². The number of nitrogens with zero attached hydrogens (tertiary/aromatic N) is 2. The van der Waals surface area contributed by atoms with E-state index in [9.17, 15) is 18.0 Å². The Balaban J connectivity index is 1.48. The van der Waals surface area contributed by atoms with Gasteiger partial charge in [0, 0.05) is 10.9 Å². The first-order valence-electron chi connectivity index (χ1n) is 9.39. The summed E-state index contributed by atoms with van der Waals surface area (Å²) in [6.07, 6.45) is -4.80. The molecule has 8 nitrogen and oxygen atoms in total. The van der Waals surface area contributed by atoms with Crippen LogP contribution in [0, 0.1) is 13.8 Å². The Bertz CT molecular complexity index is 1240. The number of aryl methyl sites for hydroxylation is 2. The maximum Gasteiger partial charge on any atom is 0.573 e. The van der Waals surface area contributed by atoms with Crippen molar-refractivity contribution < 1.29 is 32.0 Å². The number of carbonyl (C=O) groups is 1. The lowest BCUT2D eigenvalue weighted by Crippen LogP contribution is -2.17. The van der Waals surface area contributed by atoms with Gasteiger partial charge < -0.3 is 19.3 Å². The SMILES string of the molecule is Cc1noc(C)c1COc1ccc2[nH]nc(NC(=O)c3ccc(OC(F)(F)F)cc3)c2c1. The number of fused-ring (bicyclic) bond motifs is 1. The summed E-state index contributed by atoms with van der Waals surface area (Å²) in [6, 6.07) is 9.80. The number of ether oxygens (including phenoxy) is 2. The fourth-order valence-electron chi connectivity index (χ4n) is 3.03. The number of hydrogen-bond acceptors (Lipinski definition) is 6. The summed E-state index contributed by atoms with van der Waals surface area (Å²) in [4.78, 5) is 12.5. The standard InChI is InChI=1S/C21H17F3N4O4/c1-11-17(12(2)32-28-11)10-30-15-7-8-18-16(9-15)19(27-26-18)25-20(29)13-3-5-14(6-4-13)31-21(22,23)24/h3-9H,10H2,1-2H3,(H2,25,26,27,29). The minimum atomic E-state index is -4.80. The molecule has 0 saturated heterocycles. The largest absolute Gasteiger partial charge is 0.573 e. The molecule has 0 atom stereocenters. The van der Waals surface area contributed by atoms with Crippen LogP contribution in [0.3, 0.4) is 0 Å². The minimum Gasteiger partial charge on any atom is -0.489 e. The second-order valence-corrected chi connectivity index (χ2v) is 6.90. The van der Waals surface area contributed by atoms with Crippen molar-refractivity contribution in [1.29, 1.82) is 0 Å². The Labute approximate surface area is 179 Å². The van der Waals surface area contributed by atoms with Gasteiger partial charge in [-0.2, -0.15) is 5.10 Å². The fraction of sp³-hybridized carbons (Fsp3) is 0.190. The highest BCUT2D eigenvalue weighted by Gasteiger charge is 2.31. The third kappa shape index (κ3) is 4.66. The highest BCUT2D eigenvalue weighted by Crippen LogP contribution is 2.27. The zero-order valence-corrected chi connectivity index (χ0v) is 16.9. The van der Waals surface area contributed by atoms with Gasteiger partial charge in [-0.25, -0.2) is 0 Å². The fourth-order valence-corrected chi connectivity index (χ4v) is 3.03. The summed E-state index contributed by atoms with van der Waals surface area (Å²) in [5, 5.41) is 14.0. The molecule has 0 saturated carbocycles. The number of H-pyrrole nitrogens is 1. The molecule has 32 heavy (non-hydrogen) atoms. The molecule has 0 fully saturated rings. The number of hydrogen-bond donors (Lipinski definition) is 2. The topological polar surface area (TPSA) is 102 Å². The molecule has 2 heterocycles. The normalized spacial score (nSPS) is 11.5. The zero-order chi connectivity index (χ0) is 22.9. The molecule has 1 amide bonds. The molecule has 0 radical (unpaired) electrons. The summed E-state index contributed by atoms with van der Waals surface area (Å²) in [6.45, 7) is 3.88. The van der Waals surface area contributed by atoms with Crippen LogP contribution in [0.5, 0.6) is 11.5 Å². The molecule has 0 unspecified atom stereocenters. The van der Waals surface area contributed by atoms with Gasteiger partial charge in [0.2, 0.25) is 0 Å². The molecule has 166 valence electrons. The summed E-state index contributed by atoms with van der Waals surface area (Å²) in [7, 11) is 0. The van der Waals surface area contributed by atoms with Gasteiger partial charge >= 0.3 is 6.36 Å². The number of alkyl halides is 3. The summed E-state index contributed by atoms with van der Waals surface area (Å²) in [5.41, 5.74) is 2.40. The zero-order valence-electron chi connectivity index (χ0n) is 16.9. The smallest absolute Gasteiger partial charge is 0.489 e. The van der Waals surface area contributed by atoms with E-state index in [2.05, 4.69) is 25.4 Å². The number of rotatable bonds is 6. The molecule has 0 bridgehead atoms. The average Bonchev–Trinajstić information content (AvgIpc) is 3.28. The van der Waals surface area contributed by atoms with Gasteiger partial charge in [-0.1, -0.05) is 5.16 Å². The number of amides is 1. The third-order valence-corrected chi connectivity index (χ3v) is 4.68.